The summed E-state index contributed by atoms with van der Waals surface area (Å²) in [5.74, 6) is -0.0304. The zero-order valence-corrected chi connectivity index (χ0v) is 8.70. The fraction of sp³-hybridized carbons (Fsp3) is 0.400. The number of sulfone groups is 1. The van der Waals surface area contributed by atoms with Crippen molar-refractivity contribution in [1.82, 2.24) is 0 Å². The van der Waals surface area contributed by atoms with E-state index in [0.717, 1.165) is 5.56 Å². The number of aliphatic hydroxyl groups is 1. The van der Waals surface area contributed by atoms with Crippen molar-refractivity contribution >= 4 is 9.84 Å². The SMILES string of the molecule is O=S(=O)(CCO)CCc1ccccc1. The zero-order chi connectivity index (χ0) is 10.4. The highest BCUT2D eigenvalue weighted by molar-refractivity contribution is 7.91. The molecule has 0 spiro atoms. The summed E-state index contributed by atoms with van der Waals surface area (Å²) < 4.78 is 22.5. The van der Waals surface area contributed by atoms with E-state index in [-0.39, 0.29) is 18.1 Å². The van der Waals surface area contributed by atoms with E-state index in [9.17, 15) is 8.42 Å². The highest BCUT2D eigenvalue weighted by Crippen LogP contribution is 2.02. The van der Waals surface area contributed by atoms with Crippen molar-refractivity contribution in [3.05, 3.63) is 35.9 Å². The third kappa shape index (κ3) is 3.89. The molecule has 78 valence electrons. The van der Waals surface area contributed by atoms with Crippen LogP contribution in [-0.4, -0.2) is 31.6 Å². The molecule has 0 amide bonds. The van der Waals surface area contributed by atoms with Crippen molar-refractivity contribution in [2.45, 2.75) is 6.42 Å². The Kier molecular flexibility index (Phi) is 4.10. The van der Waals surface area contributed by atoms with Gasteiger partial charge in [0, 0.05) is 0 Å². The Morgan fingerprint density at radius 2 is 1.71 bits per heavy atom. The van der Waals surface area contributed by atoms with Gasteiger partial charge in [0.05, 0.1) is 18.1 Å². The van der Waals surface area contributed by atoms with Gasteiger partial charge in [-0.05, 0) is 12.0 Å². The van der Waals surface area contributed by atoms with E-state index < -0.39 is 9.84 Å². The van der Waals surface area contributed by atoms with Crippen LogP contribution in [0.5, 0.6) is 0 Å². The molecule has 0 heterocycles. The van der Waals surface area contributed by atoms with E-state index in [1.807, 2.05) is 30.3 Å². The van der Waals surface area contributed by atoms with Crippen molar-refractivity contribution < 1.29 is 13.5 Å². The quantitative estimate of drug-likeness (QED) is 0.782. The molecule has 0 aliphatic carbocycles. The lowest BCUT2D eigenvalue weighted by atomic mass is 10.2. The minimum Gasteiger partial charge on any atom is -0.395 e. The van der Waals surface area contributed by atoms with Gasteiger partial charge in [0.25, 0.3) is 0 Å². The Balaban J connectivity index is 2.49. The first kappa shape index (κ1) is 11.2. The minimum atomic E-state index is -3.08. The van der Waals surface area contributed by atoms with Crippen molar-refractivity contribution in [3.8, 4) is 0 Å². The Labute approximate surface area is 84.3 Å². The van der Waals surface area contributed by atoms with Gasteiger partial charge in [0.1, 0.15) is 0 Å². The molecule has 0 unspecified atom stereocenters. The van der Waals surface area contributed by atoms with Crippen LogP contribution in [0, 0.1) is 0 Å². The molecule has 0 aliphatic rings. The number of aryl methyl sites for hydroxylation is 1. The molecular weight excluding hydrogens is 200 g/mol. The van der Waals surface area contributed by atoms with Gasteiger partial charge in [-0.1, -0.05) is 30.3 Å². The van der Waals surface area contributed by atoms with Gasteiger partial charge in [-0.25, -0.2) is 8.42 Å². The average molecular weight is 214 g/mol. The second-order valence-corrected chi connectivity index (χ2v) is 5.41. The van der Waals surface area contributed by atoms with Crippen LogP contribution >= 0.6 is 0 Å². The number of hydrogen-bond donors (Lipinski definition) is 1. The first-order valence-electron chi connectivity index (χ1n) is 4.49. The molecular formula is C10H14O3S. The van der Waals surface area contributed by atoms with E-state index in [2.05, 4.69) is 0 Å². The van der Waals surface area contributed by atoms with Gasteiger partial charge in [0.2, 0.25) is 0 Å². The Morgan fingerprint density at radius 1 is 1.07 bits per heavy atom. The highest BCUT2D eigenvalue weighted by atomic mass is 32.2. The third-order valence-electron chi connectivity index (χ3n) is 1.95. The summed E-state index contributed by atoms with van der Waals surface area (Å²) in [6, 6.07) is 9.46. The summed E-state index contributed by atoms with van der Waals surface area (Å²) >= 11 is 0. The first-order valence-corrected chi connectivity index (χ1v) is 6.31. The van der Waals surface area contributed by atoms with Crippen LogP contribution < -0.4 is 0 Å². The molecule has 1 rings (SSSR count). The second kappa shape index (κ2) is 5.12. The molecule has 0 aliphatic heterocycles. The van der Waals surface area contributed by atoms with Gasteiger partial charge < -0.3 is 5.11 Å². The first-order chi connectivity index (χ1) is 6.64. The van der Waals surface area contributed by atoms with E-state index >= 15 is 0 Å². The molecule has 14 heavy (non-hydrogen) atoms. The van der Waals surface area contributed by atoms with Crippen molar-refractivity contribution in [3.63, 3.8) is 0 Å². The molecule has 0 radical (unpaired) electrons. The van der Waals surface area contributed by atoms with Crippen molar-refractivity contribution in [2.24, 2.45) is 0 Å². The summed E-state index contributed by atoms with van der Waals surface area (Å²) in [5.41, 5.74) is 1.01. The van der Waals surface area contributed by atoms with Gasteiger partial charge >= 0.3 is 0 Å². The maximum atomic E-state index is 11.2. The molecule has 0 atom stereocenters. The Bertz CT molecular complexity index is 356. The molecule has 1 aromatic carbocycles. The fourth-order valence-electron chi connectivity index (χ4n) is 1.16. The lowest BCUT2D eigenvalue weighted by Gasteiger charge is -2.02. The molecule has 0 saturated heterocycles. The number of benzene rings is 1. The maximum Gasteiger partial charge on any atom is 0.152 e. The number of rotatable bonds is 5. The predicted octanol–water partition coefficient (Wildman–Crippen LogP) is 0.636. The third-order valence-corrected chi connectivity index (χ3v) is 3.58. The van der Waals surface area contributed by atoms with Crippen LogP contribution in [0.4, 0.5) is 0 Å². The fourth-order valence-corrected chi connectivity index (χ4v) is 2.19. The predicted molar refractivity (Wildman–Crippen MR) is 55.9 cm³/mol. The van der Waals surface area contributed by atoms with Crippen LogP contribution in [0.25, 0.3) is 0 Å². The molecule has 4 heteroatoms. The summed E-state index contributed by atoms with van der Waals surface area (Å²) in [6.07, 6.45) is 0.517. The van der Waals surface area contributed by atoms with Crippen LogP contribution in [0.3, 0.4) is 0 Å². The summed E-state index contributed by atoms with van der Waals surface area (Å²) in [7, 11) is -3.08. The van der Waals surface area contributed by atoms with Crippen molar-refractivity contribution in [2.75, 3.05) is 18.1 Å². The van der Waals surface area contributed by atoms with E-state index in [0.29, 0.717) is 6.42 Å². The van der Waals surface area contributed by atoms with E-state index in [4.69, 9.17) is 5.11 Å². The highest BCUT2D eigenvalue weighted by Gasteiger charge is 2.09. The maximum absolute atomic E-state index is 11.2. The number of hydrogen-bond acceptors (Lipinski definition) is 3. The molecule has 1 N–H and O–H groups in total. The topological polar surface area (TPSA) is 54.4 Å². The molecule has 0 saturated carbocycles. The van der Waals surface area contributed by atoms with Gasteiger partial charge in [-0.2, -0.15) is 0 Å². The van der Waals surface area contributed by atoms with Crippen LogP contribution in [-0.2, 0) is 16.3 Å². The van der Waals surface area contributed by atoms with Crippen molar-refractivity contribution in [1.29, 1.82) is 0 Å². The minimum absolute atomic E-state index is 0.109. The zero-order valence-electron chi connectivity index (χ0n) is 7.89. The molecule has 1 aromatic rings. The number of aliphatic hydroxyl groups excluding tert-OH is 1. The standard InChI is InChI=1S/C10H14O3S/c11-7-9-14(12,13)8-6-10-4-2-1-3-5-10/h1-5,11H,6-9H2. The summed E-state index contributed by atoms with van der Waals surface area (Å²) in [6.45, 7) is -0.295. The molecule has 0 aromatic heterocycles. The Hall–Kier alpha value is -0.870. The second-order valence-electron chi connectivity index (χ2n) is 3.11. The summed E-state index contributed by atoms with van der Waals surface area (Å²) in [5, 5.41) is 8.52. The van der Waals surface area contributed by atoms with Gasteiger partial charge in [-0.15, -0.1) is 0 Å². The average Bonchev–Trinajstić information content (AvgIpc) is 2.17. The summed E-state index contributed by atoms with van der Waals surface area (Å²) in [4.78, 5) is 0. The van der Waals surface area contributed by atoms with Crippen LogP contribution in [0.15, 0.2) is 30.3 Å². The molecule has 0 fully saturated rings. The lowest BCUT2D eigenvalue weighted by molar-refractivity contribution is 0.319. The van der Waals surface area contributed by atoms with Crippen LogP contribution in [0.2, 0.25) is 0 Å². The van der Waals surface area contributed by atoms with Crippen LogP contribution in [0.1, 0.15) is 5.56 Å². The lowest BCUT2D eigenvalue weighted by Crippen LogP contribution is -2.15. The largest absolute Gasteiger partial charge is 0.395 e. The van der Waals surface area contributed by atoms with E-state index in [1.165, 1.54) is 0 Å². The van der Waals surface area contributed by atoms with E-state index in [1.54, 1.807) is 0 Å². The monoisotopic (exact) mass is 214 g/mol. The normalized spacial score (nSPS) is 11.5. The Morgan fingerprint density at radius 3 is 2.29 bits per heavy atom. The smallest absolute Gasteiger partial charge is 0.152 e. The molecule has 0 bridgehead atoms. The van der Waals surface area contributed by atoms with Gasteiger partial charge in [0.15, 0.2) is 9.84 Å². The molecule has 3 nitrogen and oxygen atoms in total. The van der Waals surface area contributed by atoms with Gasteiger partial charge in [-0.3, -0.25) is 0 Å².